The Kier molecular flexibility index (Phi) is 9.59. The number of rotatable bonds is 8. The summed E-state index contributed by atoms with van der Waals surface area (Å²) in [6.45, 7) is 9.57. The standard InChI is InChI=1S/C66H51N/c1-65(2)60-40-51(45-18-10-6-11-19-45)32-36-56(60)58-38-34-53(42-62(58)65)67(64-23-15-14-22-55(64)50-20-12-7-13-21-50)54-35-39-59-57-37-33-52(41-61(57)66(3,4)63(59)43-54)49-30-28-48(29-31-49)47-26-24-46(25-27-47)44-16-8-5-9-17-44/h5-43H,1-4H3. The molecule has 0 fully saturated rings. The molecular formula is C66H51N. The van der Waals surface area contributed by atoms with E-state index < -0.39 is 0 Å². The van der Waals surface area contributed by atoms with Gasteiger partial charge in [0.1, 0.15) is 0 Å². The molecule has 320 valence electrons. The van der Waals surface area contributed by atoms with Crippen molar-refractivity contribution in [2.75, 3.05) is 4.90 Å². The maximum atomic E-state index is 2.50. The topological polar surface area (TPSA) is 3.24 Å². The molecule has 2 aliphatic carbocycles. The van der Waals surface area contributed by atoms with Gasteiger partial charge < -0.3 is 4.90 Å². The normalized spacial score (nSPS) is 13.6. The molecule has 10 aromatic rings. The Balaban J connectivity index is 0.914. The first-order chi connectivity index (χ1) is 32.7. The molecule has 0 atom stereocenters. The van der Waals surface area contributed by atoms with Crippen LogP contribution in [0.1, 0.15) is 49.9 Å². The number of nitrogens with zero attached hydrogens (tertiary/aromatic N) is 1. The van der Waals surface area contributed by atoms with Crippen LogP contribution >= 0.6 is 0 Å². The van der Waals surface area contributed by atoms with Gasteiger partial charge in [-0.2, -0.15) is 0 Å². The van der Waals surface area contributed by atoms with Gasteiger partial charge in [-0.1, -0.05) is 222 Å². The van der Waals surface area contributed by atoms with E-state index in [9.17, 15) is 0 Å². The van der Waals surface area contributed by atoms with Gasteiger partial charge in [0.15, 0.2) is 0 Å². The van der Waals surface area contributed by atoms with Crippen LogP contribution in [0.25, 0.3) is 77.9 Å². The van der Waals surface area contributed by atoms with Gasteiger partial charge in [-0.3, -0.25) is 0 Å². The van der Waals surface area contributed by atoms with Crippen molar-refractivity contribution in [3.8, 4) is 77.9 Å². The first kappa shape index (κ1) is 40.5. The van der Waals surface area contributed by atoms with Crippen LogP contribution in [-0.2, 0) is 10.8 Å². The molecule has 0 N–H and O–H groups in total. The highest BCUT2D eigenvalue weighted by molar-refractivity contribution is 5.93. The lowest BCUT2D eigenvalue weighted by molar-refractivity contribution is 0.660. The molecule has 0 aromatic heterocycles. The second-order valence-corrected chi connectivity index (χ2v) is 19.3. The van der Waals surface area contributed by atoms with E-state index >= 15 is 0 Å². The molecule has 0 radical (unpaired) electrons. The molecule has 12 rings (SSSR count). The third kappa shape index (κ3) is 6.85. The van der Waals surface area contributed by atoms with Gasteiger partial charge in [-0.15, -0.1) is 0 Å². The Hall–Kier alpha value is -8.00. The molecule has 1 heteroatoms. The van der Waals surface area contributed by atoms with Crippen LogP contribution in [-0.4, -0.2) is 0 Å². The Labute approximate surface area is 395 Å². The maximum absolute atomic E-state index is 2.50. The molecule has 0 saturated heterocycles. The summed E-state index contributed by atoms with van der Waals surface area (Å²) in [5.41, 5.74) is 26.0. The van der Waals surface area contributed by atoms with Gasteiger partial charge >= 0.3 is 0 Å². The van der Waals surface area contributed by atoms with E-state index in [4.69, 9.17) is 0 Å². The fraction of sp³-hybridized carbons (Fsp3) is 0.0909. The van der Waals surface area contributed by atoms with Crippen LogP contribution in [0.2, 0.25) is 0 Å². The van der Waals surface area contributed by atoms with E-state index in [0.29, 0.717) is 0 Å². The molecule has 67 heavy (non-hydrogen) atoms. The highest BCUT2D eigenvalue weighted by Gasteiger charge is 2.38. The van der Waals surface area contributed by atoms with Crippen LogP contribution < -0.4 is 4.90 Å². The molecule has 0 unspecified atom stereocenters. The summed E-state index contributed by atoms with van der Waals surface area (Å²) in [7, 11) is 0. The third-order valence-corrected chi connectivity index (χ3v) is 14.7. The first-order valence-electron chi connectivity index (χ1n) is 23.6. The molecule has 0 aliphatic heterocycles. The fourth-order valence-corrected chi connectivity index (χ4v) is 11.0. The van der Waals surface area contributed by atoms with E-state index in [1.807, 2.05) is 0 Å². The van der Waals surface area contributed by atoms with E-state index in [-0.39, 0.29) is 10.8 Å². The fourth-order valence-electron chi connectivity index (χ4n) is 11.0. The first-order valence-corrected chi connectivity index (χ1v) is 23.6. The summed E-state index contributed by atoms with van der Waals surface area (Å²) in [5, 5.41) is 0. The van der Waals surface area contributed by atoms with Crippen molar-refractivity contribution < 1.29 is 0 Å². The maximum Gasteiger partial charge on any atom is 0.0540 e. The van der Waals surface area contributed by atoms with Gasteiger partial charge in [-0.25, -0.2) is 0 Å². The zero-order valence-corrected chi connectivity index (χ0v) is 38.5. The summed E-state index contributed by atoms with van der Waals surface area (Å²) >= 11 is 0. The summed E-state index contributed by atoms with van der Waals surface area (Å²) in [6, 6.07) is 87.4. The number of fused-ring (bicyclic) bond motifs is 6. The molecular weight excluding hydrogens is 807 g/mol. The third-order valence-electron chi connectivity index (χ3n) is 14.7. The van der Waals surface area contributed by atoms with Crippen LogP contribution in [0.3, 0.4) is 0 Å². The molecule has 10 aromatic carbocycles. The van der Waals surface area contributed by atoms with E-state index in [1.54, 1.807) is 0 Å². The number of para-hydroxylation sites is 1. The van der Waals surface area contributed by atoms with Gasteiger partial charge in [0, 0.05) is 27.8 Å². The molecule has 2 aliphatic rings. The predicted molar refractivity (Wildman–Crippen MR) is 283 cm³/mol. The minimum Gasteiger partial charge on any atom is -0.310 e. The highest BCUT2D eigenvalue weighted by atomic mass is 15.1. The molecule has 0 spiro atoms. The van der Waals surface area contributed by atoms with Gasteiger partial charge in [-0.05, 0) is 137 Å². The highest BCUT2D eigenvalue weighted by Crippen LogP contribution is 2.55. The van der Waals surface area contributed by atoms with Gasteiger partial charge in [0.25, 0.3) is 0 Å². The minimum atomic E-state index is -0.222. The van der Waals surface area contributed by atoms with E-state index in [1.165, 1.54) is 100 Å². The second-order valence-electron chi connectivity index (χ2n) is 19.3. The van der Waals surface area contributed by atoms with Crippen molar-refractivity contribution >= 4 is 17.1 Å². The molecule has 0 amide bonds. The lowest BCUT2D eigenvalue weighted by Gasteiger charge is -2.31. The summed E-state index contributed by atoms with van der Waals surface area (Å²) < 4.78 is 0. The number of hydrogen-bond donors (Lipinski definition) is 0. The molecule has 0 saturated carbocycles. The second kappa shape index (κ2) is 15.9. The summed E-state index contributed by atoms with van der Waals surface area (Å²) in [4.78, 5) is 2.50. The average Bonchev–Trinajstić information content (AvgIpc) is 3.75. The van der Waals surface area contributed by atoms with E-state index in [0.717, 1.165) is 17.1 Å². The Bertz CT molecular complexity index is 3470. The number of anilines is 3. The SMILES string of the molecule is CC1(C)c2cc(-c3ccccc3)ccc2-c2ccc(N(c3ccc4c(c3)C(C)(C)c3cc(-c5ccc(-c6ccc(-c7ccccc7)cc6)cc5)ccc3-4)c3ccccc3-c3ccccc3)cc21. The van der Waals surface area contributed by atoms with Crippen LogP contribution in [0.15, 0.2) is 237 Å². The molecule has 0 heterocycles. The molecule has 1 nitrogen and oxygen atoms in total. The predicted octanol–water partition coefficient (Wildman–Crippen LogP) is 18.1. The lowest BCUT2D eigenvalue weighted by atomic mass is 9.81. The number of hydrogen-bond acceptors (Lipinski definition) is 1. The number of benzene rings is 10. The lowest BCUT2D eigenvalue weighted by Crippen LogP contribution is -2.18. The Morgan fingerprint density at radius 3 is 0.970 bits per heavy atom. The van der Waals surface area contributed by atoms with Crippen LogP contribution in [0, 0.1) is 0 Å². The van der Waals surface area contributed by atoms with Gasteiger partial charge in [0.2, 0.25) is 0 Å². The Morgan fingerprint density at radius 2 is 0.537 bits per heavy atom. The Morgan fingerprint density at radius 1 is 0.239 bits per heavy atom. The van der Waals surface area contributed by atoms with E-state index in [2.05, 4.69) is 269 Å². The van der Waals surface area contributed by atoms with Crippen LogP contribution in [0.5, 0.6) is 0 Å². The monoisotopic (exact) mass is 857 g/mol. The smallest absolute Gasteiger partial charge is 0.0540 e. The summed E-state index contributed by atoms with van der Waals surface area (Å²) in [5.74, 6) is 0. The van der Waals surface area contributed by atoms with Crippen molar-refractivity contribution in [3.05, 3.63) is 259 Å². The summed E-state index contributed by atoms with van der Waals surface area (Å²) in [6.07, 6.45) is 0. The molecule has 0 bridgehead atoms. The largest absolute Gasteiger partial charge is 0.310 e. The average molecular weight is 858 g/mol. The zero-order chi connectivity index (χ0) is 45.3. The zero-order valence-electron chi connectivity index (χ0n) is 38.5. The van der Waals surface area contributed by atoms with Crippen LogP contribution in [0.4, 0.5) is 17.1 Å². The quantitative estimate of drug-likeness (QED) is 0.147. The minimum absolute atomic E-state index is 0.191. The van der Waals surface area contributed by atoms with Crippen molar-refractivity contribution in [2.24, 2.45) is 0 Å². The van der Waals surface area contributed by atoms with Crippen molar-refractivity contribution in [2.45, 2.75) is 38.5 Å². The van der Waals surface area contributed by atoms with Gasteiger partial charge in [0.05, 0.1) is 5.69 Å². The van der Waals surface area contributed by atoms with Crippen molar-refractivity contribution in [1.82, 2.24) is 0 Å². The van der Waals surface area contributed by atoms with Crippen molar-refractivity contribution in [1.29, 1.82) is 0 Å². The van der Waals surface area contributed by atoms with Crippen molar-refractivity contribution in [3.63, 3.8) is 0 Å².